The number of pyridine rings is 1. The smallest absolute Gasteiger partial charge is 0.302 e. The standard InChI is InChI=1S/C23H16N6O2/c30-18-10-3-1-8-16(18)21-26-20(13-12-15-7-5-6-14-24-15)27-22(28-21)29-23-25-17-9-2-4-11-19(17)31-23/h1-14,30H,(H,25,26,27,28,29)/b13-12+. The molecule has 3 aromatic heterocycles. The van der Waals surface area contributed by atoms with E-state index in [1.54, 1.807) is 42.6 Å². The predicted octanol–water partition coefficient (Wildman–Crippen LogP) is 4.69. The minimum absolute atomic E-state index is 0.0705. The largest absolute Gasteiger partial charge is 0.507 e. The minimum Gasteiger partial charge on any atom is -0.507 e. The second kappa shape index (κ2) is 8.03. The highest BCUT2D eigenvalue weighted by molar-refractivity contribution is 5.75. The third-order valence-electron chi connectivity index (χ3n) is 4.40. The Kier molecular flexibility index (Phi) is 4.78. The van der Waals surface area contributed by atoms with Gasteiger partial charge in [0.15, 0.2) is 17.2 Å². The van der Waals surface area contributed by atoms with Crippen molar-refractivity contribution >= 4 is 35.2 Å². The van der Waals surface area contributed by atoms with Crippen LogP contribution < -0.4 is 5.32 Å². The normalized spacial score (nSPS) is 11.2. The molecule has 0 spiro atoms. The van der Waals surface area contributed by atoms with E-state index >= 15 is 0 Å². The lowest BCUT2D eigenvalue weighted by molar-refractivity contribution is 0.477. The number of nitrogens with zero attached hydrogens (tertiary/aromatic N) is 5. The number of phenolic OH excluding ortho intramolecular Hbond substituents is 1. The summed E-state index contributed by atoms with van der Waals surface area (Å²) < 4.78 is 5.71. The quantitative estimate of drug-likeness (QED) is 0.431. The van der Waals surface area contributed by atoms with E-state index in [1.807, 2.05) is 42.5 Å². The number of benzene rings is 2. The molecule has 0 fully saturated rings. The highest BCUT2D eigenvalue weighted by Gasteiger charge is 2.13. The summed E-state index contributed by atoms with van der Waals surface area (Å²) in [6.07, 6.45) is 5.23. The summed E-state index contributed by atoms with van der Waals surface area (Å²) in [5, 5.41) is 13.2. The Morgan fingerprint density at radius 2 is 1.65 bits per heavy atom. The van der Waals surface area contributed by atoms with Crippen molar-refractivity contribution < 1.29 is 9.52 Å². The molecule has 31 heavy (non-hydrogen) atoms. The molecule has 0 bridgehead atoms. The fourth-order valence-corrected chi connectivity index (χ4v) is 2.96. The van der Waals surface area contributed by atoms with Gasteiger partial charge in [0, 0.05) is 6.20 Å². The molecule has 150 valence electrons. The summed E-state index contributed by atoms with van der Waals surface area (Å²) in [6, 6.07) is 20.2. The molecule has 0 unspecified atom stereocenters. The molecule has 2 aromatic carbocycles. The number of oxazole rings is 1. The Labute approximate surface area is 177 Å². The van der Waals surface area contributed by atoms with Crippen LogP contribution in [-0.4, -0.2) is 30.0 Å². The molecule has 5 aromatic rings. The topological polar surface area (TPSA) is 110 Å². The predicted molar refractivity (Wildman–Crippen MR) is 117 cm³/mol. The van der Waals surface area contributed by atoms with Crippen LogP contribution in [0.3, 0.4) is 0 Å². The van der Waals surface area contributed by atoms with E-state index < -0.39 is 0 Å². The number of hydrogen-bond acceptors (Lipinski definition) is 8. The van der Waals surface area contributed by atoms with Gasteiger partial charge < -0.3 is 9.52 Å². The summed E-state index contributed by atoms with van der Waals surface area (Å²) in [6.45, 7) is 0. The molecule has 0 radical (unpaired) electrons. The molecule has 5 rings (SSSR count). The van der Waals surface area contributed by atoms with E-state index in [0.717, 1.165) is 11.2 Å². The minimum atomic E-state index is 0.0705. The van der Waals surface area contributed by atoms with Gasteiger partial charge in [-0.1, -0.05) is 30.3 Å². The van der Waals surface area contributed by atoms with Gasteiger partial charge in [-0.25, -0.2) is 4.98 Å². The van der Waals surface area contributed by atoms with Crippen LogP contribution in [0.5, 0.6) is 5.75 Å². The first-order valence-electron chi connectivity index (χ1n) is 9.51. The highest BCUT2D eigenvalue weighted by Crippen LogP contribution is 2.27. The summed E-state index contributed by atoms with van der Waals surface area (Å²) in [7, 11) is 0. The summed E-state index contributed by atoms with van der Waals surface area (Å²) in [4.78, 5) is 22.0. The lowest BCUT2D eigenvalue weighted by Crippen LogP contribution is -2.03. The Bertz CT molecular complexity index is 1350. The van der Waals surface area contributed by atoms with Gasteiger partial charge in [-0.2, -0.15) is 15.0 Å². The molecule has 0 atom stereocenters. The van der Waals surface area contributed by atoms with Gasteiger partial charge in [0.05, 0.1) is 11.3 Å². The van der Waals surface area contributed by atoms with Gasteiger partial charge in [-0.3, -0.25) is 10.3 Å². The number of rotatable bonds is 5. The Morgan fingerprint density at radius 3 is 2.48 bits per heavy atom. The molecule has 8 heteroatoms. The average molecular weight is 408 g/mol. The van der Waals surface area contributed by atoms with Crippen molar-refractivity contribution in [1.82, 2.24) is 24.9 Å². The first-order chi connectivity index (χ1) is 15.2. The number of phenols is 1. The van der Waals surface area contributed by atoms with Crippen LogP contribution in [0.15, 0.2) is 77.3 Å². The van der Waals surface area contributed by atoms with E-state index in [1.165, 1.54) is 0 Å². The van der Waals surface area contributed by atoms with Crippen molar-refractivity contribution in [3.05, 3.63) is 84.4 Å². The van der Waals surface area contributed by atoms with Crippen LogP contribution in [0.1, 0.15) is 11.5 Å². The van der Waals surface area contributed by atoms with E-state index in [4.69, 9.17) is 4.42 Å². The van der Waals surface area contributed by atoms with E-state index in [-0.39, 0.29) is 17.7 Å². The monoisotopic (exact) mass is 408 g/mol. The number of nitrogens with one attached hydrogen (secondary N) is 1. The molecule has 0 saturated heterocycles. The van der Waals surface area contributed by atoms with Crippen molar-refractivity contribution in [3.8, 4) is 17.1 Å². The molecule has 0 amide bonds. The van der Waals surface area contributed by atoms with Crippen molar-refractivity contribution in [2.45, 2.75) is 0 Å². The maximum Gasteiger partial charge on any atom is 0.302 e. The zero-order valence-electron chi connectivity index (χ0n) is 16.2. The molecular formula is C23H16N6O2. The number of hydrogen-bond donors (Lipinski definition) is 2. The number of para-hydroxylation sites is 3. The zero-order chi connectivity index (χ0) is 21.0. The van der Waals surface area contributed by atoms with Gasteiger partial charge in [0.25, 0.3) is 0 Å². The van der Waals surface area contributed by atoms with E-state index in [2.05, 4.69) is 30.2 Å². The van der Waals surface area contributed by atoms with Crippen LogP contribution in [-0.2, 0) is 0 Å². The number of aromatic nitrogens is 5. The third-order valence-corrected chi connectivity index (χ3v) is 4.40. The molecule has 0 aliphatic rings. The molecule has 0 aliphatic heterocycles. The number of aromatic hydroxyl groups is 1. The lowest BCUT2D eigenvalue weighted by atomic mass is 10.2. The molecular weight excluding hydrogens is 392 g/mol. The molecule has 2 N–H and O–H groups in total. The van der Waals surface area contributed by atoms with Gasteiger partial charge in [0.2, 0.25) is 5.95 Å². The van der Waals surface area contributed by atoms with Crippen molar-refractivity contribution in [3.63, 3.8) is 0 Å². The maximum atomic E-state index is 10.3. The van der Waals surface area contributed by atoms with Gasteiger partial charge >= 0.3 is 6.01 Å². The summed E-state index contributed by atoms with van der Waals surface area (Å²) in [5.41, 5.74) is 2.61. The SMILES string of the molecule is Oc1ccccc1-c1nc(/C=C/c2ccccn2)nc(Nc2nc3ccccc3o2)n1. The Morgan fingerprint density at radius 1 is 0.806 bits per heavy atom. The van der Waals surface area contributed by atoms with Gasteiger partial charge in [-0.15, -0.1) is 0 Å². The van der Waals surface area contributed by atoms with Crippen LogP contribution in [0.4, 0.5) is 12.0 Å². The number of anilines is 2. The number of fused-ring (bicyclic) bond motifs is 1. The third kappa shape index (κ3) is 4.08. The molecule has 0 saturated carbocycles. The van der Waals surface area contributed by atoms with E-state index in [0.29, 0.717) is 22.8 Å². The summed E-state index contributed by atoms with van der Waals surface area (Å²) in [5.74, 6) is 1.01. The van der Waals surface area contributed by atoms with Gasteiger partial charge in [-0.05, 0) is 48.6 Å². The highest BCUT2D eigenvalue weighted by atomic mass is 16.4. The maximum absolute atomic E-state index is 10.3. The second-order valence-corrected chi connectivity index (χ2v) is 6.56. The Balaban J connectivity index is 1.55. The van der Waals surface area contributed by atoms with Crippen molar-refractivity contribution in [2.75, 3.05) is 5.32 Å². The summed E-state index contributed by atoms with van der Waals surface area (Å²) >= 11 is 0. The fraction of sp³-hybridized carbons (Fsp3) is 0. The first-order valence-corrected chi connectivity index (χ1v) is 9.51. The van der Waals surface area contributed by atoms with Crippen LogP contribution >= 0.6 is 0 Å². The van der Waals surface area contributed by atoms with Gasteiger partial charge in [0.1, 0.15) is 11.3 Å². The van der Waals surface area contributed by atoms with Crippen LogP contribution in [0.2, 0.25) is 0 Å². The molecule has 8 nitrogen and oxygen atoms in total. The Hall–Kier alpha value is -4.59. The van der Waals surface area contributed by atoms with Crippen LogP contribution in [0, 0.1) is 0 Å². The molecule has 0 aliphatic carbocycles. The zero-order valence-corrected chi connectivity index (χ0v) is 16.2. The van der Waals surface area contributed by atoms with Crippen molar-refractivity contribution in [2.24, 2.45) is 0 Å². The molecule has 3 heterocycles. The van der Waals surface area contributed by atoms with Crippen LogP contribution in [0.25, 0.3) is 34.6 Å². The first kappa shape index (κ1) is 18.4. The fourth-order valence-electron chi connectivity index (χ4n) is 2.96. The lowest BCUT2D eigenvalue weighted by Gasteiger charge is -2.07. The second-order valence-electron chi connectivity index (χ2n) is 6.56. The van der Waals surface area contributed by atoms with E-state index in [9.17, 15) is 5.11 Å². The van der Waals surface area contributed by atoms with Crippen molar-refractivity contribution in [1.29, 1.82) is 0 Å². The average Bonchev–Trinajstić information content (AvgIpc) is 3.21.